The van der Waals surface area contributed by atoms with Crippen molar-refractivity contribution < 1.29 is 33.0 Å². The first-order valence-electron chi connectivity index (χ1n) is 11.0. The first-order chi connectivity index (χ1) is 17.2. The van der Waals surface area contributed by atoms with E-state index in [-0.39, 0.29) is 33.7 Å². The van der Waals surface area contributed by atoms with Gasteiger partial charge in [0.2, 0.25) is 11.7 Å². The van der Waals surface area contributed by atoms with Crippen LogP contribution in [0, 0.1) is 5.82 Å². The first kappa shape index (κ1) is 25.1. The Morgan fingerprint density at radius 1 is 1.25 bits per heavy atom. The number of amides is 2. The van der Waals surface area contributed by atoms with Crippen LogP contribution in [-0.4, -0.2) is 59.4 Å². The maximum atomic E-state index is 14.6. The van der Waals surface area contributed by atoms with Gasteiger partial charge in [0.15, 0.2) is 12.4 Å². The molecule has 2 amide bonds. The van der Waals surface area contributed by atoms with Crippen LogP contribution in [0.1, 0.15) is 35.2 Å². The van der Waals surface area contributed by atoms with Crippen molar-refractivity contribution in [3.05, 3.63) is 58.5 Å². The molecule has 36 heavy (non-hydrogen) atoms. The summed E-state index contributed by atoms with van der Waals surface area (Å²) >= 11 is 5.89. The molecule has 0 aliphatic carbocycles. The highest BCUT2D eigenvalue weighted by Crippen LogP contribution is 2.39. The summed E-state index contributed by atoms with van der Waals surface area (Å²) in [5.74, 6) is -2.19. The number of benzene rings is 1. The Kier molecular flexibility index (Phi) is 7.20. The quantitative estimate of drug-likeness (QED) is 0.339. The third kappa shape index (κ3) is 5.01. The predicted molar refractivity (Wildman–Crippen MR) is 128 cm³/mol. The summed E-state index contributed by atoms with van der Waals surface area (Å²) in [6, 6.07) is 4.44. The molecule has 10 nitrogen and oxygen atoms in total. The Morgan fingerprint density at radius 2 is 2.03 bits per heavy atom. The van der Waals surface area contributed by atoms with Gasteiger partial charge in [0.25, 0.3) is 0 Å². The molecule has 0 spiro atoms. The Labute approximate surface area is 210 Å². The summed E-state index contributed by atoms with van der Waals surface area (Å²) in [7, 11) is 1.20. The zero-order valence-corrected chi connectivity index (χ0v) is 19.9. The molecule has 4 rings (SSSR count). The standard InChI is InChI=1S/C24H22ClFN4O6/c1-35-24(34)29-19-7-2-12(10-28-19)18(31)11-36-23(33)17-6-3-14-8-13(9-20(32)30(14)17)21-16(27)5-4-15(25)22(21)26/h2,4-5,7,9-10,14,17H,3,6,8,11,27H2,1H3,(H,28,29,34)/t14-,17-/m0/s1. The van der Waals surface area contributed by atoms with Crippen LogP contribution in [-0.2, 0) is 19.1 Å². The lowest BCUT2D eigenvalue weighted by molar-refractivity contribution is -0.152. The smallest absolute Gasteiger partial charge is 0.412 e. The summed E-state index contributed by atoms with van der Waals surface area (Å²) in [5, 5.41) is 2.25. The van der Waals surface area contributed by atoms with Crippen LogP contribution in [0.3, 0.4) is 0 Å². The molecule has 2 aliphatic heterocycles. The summed E-state index contributed by atoms with van der Waals surface area (Å²) in [4.78, 5) is 54.6. The van der Waals surface area contributed by atoms with E-state index in [0.717, 1.165) is 0 Å². The van der Waals surface area contributed by atoms with Gasteiger partial charge in [-0.2, -0.15) is 0 Å². The third-order valence-electron chi connectivity index (χ3n) is 6.08. The number of rotatable bonds is 6. The number of hydrogen-bond acceptors (Lipinski definition) is 8. The predicted octanol–water partition coefficient (Wildman–Crippen LogP) is 3.21. The lowest BCUT2D eigenvalue weighted by Gasteiger charge is -2.33. The minimum atomic E-state index is -0.862. The van der Waals surface area contributed by atoms with Crippen molar-refractivity contribution in [2.24, 2.45) is 0 Å². The Balaban J connectivity index is 1.39. The molecule has 3 heterocycles. The average molecular weight is 517 g/mol. The van der Waals surface area contributed by atoms with Crippen molar-refractivity contribution in [1.29, 1.82) is 0 Å². The highest BCUT2D eigenvalue weighted by molar-refractivity contribution is 6.31. The number of Topliss-reactive ketones (excluding diaryl/α,β-unsaturated/α-hetero) is 1. The van der Waals surface area contributed by atoms with E-state index in [2.05, 4.69) is 15.0 Å². The Bertz CT molecular complexity index is 1270. The number of nitrogens with zero attached hydrogens (tertiary/aromatic N) is 2. The molecule has 1 fully saturated rings. The minimum Gasteiger partial charge on any atom is -0.456 e. The molecule has 2 aliphatic rings. The minimum absolute atomic E-state index is 0.0912. The van der Waals surface area contributed by atoms with Gasteiger partial charge in [-0.3, -0.25) is 14.9 Å². The van der Waals surface area contributed by atoms with E-state index >= 15 is 0 Å². The van der Waals surface area contributed by atoms with E-state index < -0.39 is 42.2 Å². The second-order valence-corrected chi connectivity index (χ2v) is 8.68. The number of hydrogen-bond donors (Lipinski definition) is 2. The number of ketones is 1. The molecule has 12 heteroatoms. The van der Waals surface area contributed by atoms with Crippen LogP contribution >= 0.6 is 11.6 Å². The molecule has 0 bridgehead atoms. The Morgan fingerprint density at radius 3 is 2.72 bits per heavy atom. The number of nitrogens with two attached hydrogens (primary N) is 1. The number of halogens is 2. The fraction of sp³-hybridized carbons (Fsp3) is 0.292. The van der Waals surface area contributed by atoms with Crippen LogP contribution in [0.5, 0.6) is 0 Å². The second kappa shape index (κ2) is 10.3. The van der Waals surface area contributed by atoms with Gasteiger partial charge in [-0.1, -0.05) is 11.6 Å². The number of fused-ring (bicyclic) bond motifs is 1. The third-order valence-corrected chi connectivity index (χ3v) is 6.37. The molecular formula is C24H22ClFN4O6. The fourth-order valence-corrected chi connectivity index (χ4v) is 4.51. The summed E-state index contributed by atoms with van der Waals surface area (Å²) in [5.41, 5.74) is 6.78. The van der Waals surface area contributed by atoms with E-state index in [4.69, 9.17) is 22.1 Å². The van der Waals surface area contributed by atoms with Gasteiger partial charge in [-0.25, -0.2) is 19.0 Å². The van der Waals surface area contributed by atoms with E-state index in [1.165, 1.54) is 48.5 Å². The number of ether oxygens (including phenoxy) is 2. The van der Waals surface area contributed by atoms with E-state index in [9.17, 15) is 23.6 Å². The van der Waals surface area contributed by atoms with Crippen LogP contribution in [0.4, 0.5) is 20.7 Å². The zero-order chi connectivity index (χ0) is 26.0. The monoisotopic (exact) mass is 516 g/mol. The van der Waals surface area contributed by atoms with Gasteiger partial charge in [0.1, 0.15) is 11.9 Å². The highest BCUT2D eigenvalue weighted by atomic mass is 35.5. The lowest BCUT2D eigenvalue weighted by atomic mass is 9.92. The van der Waals surface area contributed by atoms with Crippen LogP contribution in [0.25, 0.3) is 5.57 Å². The van der Waals surface area contributed by atoms with Crippen LogP contribution in [0.2, 0.25) is 5.02 Å². The SMILES string of the molecule is COC(=O)Nc1ccc(C(=O)COC(=O)[C@@H]2CC[C@H]3CC(c4c(N)ccc(Cl)c4F)=CC(=O)N32)cn1. The number of aromatic nitrogens is 1. The van der Waals surface area contributed by atoms with Crippen LogP contribution in [0.15, 0.2) is 36.5 Å². The summed E-state index contributed by atoms with van der Waals surface area (Å²) in [6.07, 6.45) is 2.92. The molecule has 0 unspecified atom stereocenters. The maximum absolute atomic E-state index is 14.6. The number of pyridine rings is 1. The van der Waals surface area contributed by atoms with Crippen molar-refractivity contribution in [2.75, 3.05) is 24.8 Å². The van der Waals surface area contributed by atoms with Crippen molar-refractivity contribution in [3.8, 4) is 0 Å². The molecule has 3 N–H and O–H groups in total. The molecule has 188 valence electrons. The van der Waals surface area contributed by atoms with E-state index in [0.29, 0.717) is 24.8 Å². The van der Waals surface area contributed by atoms with Gasteiger partial charge >= 0.3 is 12.1 Å². The van der Waals surface area contributed by atoms with Gasteiger partial charge < -0.3 is 20.1 Å². The molecule has 0 radical (unpaired) electrons. The highest BCUT2D eigenvalue weighted by Gasteiger charge is 2.44. The topological polar surface area (TPSA) is 141 Å². The van der Waals surface area contributed by atoms with Crippen molar-refractivity contribution >= 4 is 52.4 Å². The Hall–Kier alpha value is -3.99. The number of nitrogens with one attached hydrogen (secondary N) is 1. The average Bonchev–Trinajstić information content (AvgIpc) is 3.30. The summed E-state index contributed by atoms with van der Waals surface area (Å²) < 4.78 is 24.3. The molecule has 0 saturated carbocycles. The van der Waals surface area contributed by atoms with Crippen molar-refractivity contribution in [2.45, 2.75) is 31.3 Å². The maximum Gasteiger partial charge on any atom is 0.412 e. The molecule has 1 aromatic carbocycles. The van der Waals surface area contributed by atoms with Gasteiger partial charge in [0, 0.05) is 35.1 Å². The number of nitrogen functional groups attached to an aromatic ring is 1. The molecule has 2 aromatic rings. The largest absolute Gasteiger partial charge is 0.456 e. The molecular weight excluding hydrogens is 495 g/mol. The number of esters is 1. The normalized spacial score (nSPS) is 18.8. The number of carbonyl (C=O) groups is 4. The fourth-order valence-electron chi connectivity index (χ4n) is 4.36. The second-order valence-electron chi connectivity index (χ2n) is 8.27. The van der Waals surface area contributed by atoms with Gasteiger partial charge in [0.05, 0.1) is 12.1 Å². The molecule has 1 aromatic heterocycles. The van der Waals surface area contributed by atoms with E-state index in [1.807, 2.05) is 0 Å². The zero-order valence-electron chi connectivity index (χ0n) is 19.1. The number of anilines is 2. The number of carbonyl (C=O) groups excluding carboxylic acids is 4. The van der Waals surface area contributed by atoms with E-state index in [1.54, 1.807) is 0 Å². The van der Waals surface area contributed by atoms with Crippen molar-refractivity contribution in [1.82, 2.24) is 9.88 Å². The first-order valence-corrected chi connectivity index (χ1v) is 11.3. The molecule has 2 atom stereocenters. The number of methoxy groups -OCH3 is 1. The van der Waals surface area contributed by atoms with Crippen molar-refractivity contribution in [3.63, 3.8) is 0 Å². The van der Waals surface area contributed by atoms with Gasteiger partial charge in [-0.05, 0) is 49.1 Å². The van der Waals surface area contributed by atoms with Gasteiger partial charge in [-0.15, -0.1) is 0 Å². The molecule has 1 saturated heterocycles. The van der Waals surface area contributed by atoms with Crippen LogP contribution < -0.4 is 11.1 Å². The summed E-state index contributed by atoms with van der Waals surface area (Å²) in [6.45, 7) is -0.543. The lowest BCUT2D eigenvalue weighted by Crippen LogP contribution is -2.47.